The van der Waals surface area contributed by atoms with Crippen LogP contribution in [0.2, 0.25) is 0 Å². The molecule has 0 aliphatic rings. The molecule has 1 aromatic carbocycles. The predicted octanol–water partition coefficient (Wildman–Crippen LogP) is 2.84. The largest absolute Gasteiger partial charge is 0.340 e. The van der Waals surface area contributed by atoms with Crippen molar-refractivity contribution in [1.29, 1.82) is 0 Å². The zero-order chi connectivity index (χ0) is 12.9. The van der Waals surface area contributed by atoms with E-state index in [2.05, 4.69) is 34.9 Å². The van der Waals surface area contributed by atoms with Gasteiger partial charge in [0.2, 0.25) is 0 Å². The second kappa shape index (κ2) is 3.70. The van der Waals surface area contributed by atoms with Crippen molar-refractivity contribution in [2.75, 3.05) is 0 Å². The second-order valence-corrected chi connectivity index (χ2v) is 4.96. The summed E-state index contributed by atoms with van der Waals surface area (Å²) in [4.78, 5) is 22.4. The minimum absolute atomic E-state index is 0.0773. The summed E-state index contributed by atoms with van der Waals surface area (Å²) < 4.78 is 0. The molecule has 0 atom stereocenters. The first-order valence-electron chi connectivity index (χ1n) is 6.08. The van der Waals surface area contributed by atoms with Gasteiger partial charge in [-0.1, -0.05) is 26.0 Å². The summed E-state index contributed by atoms with van der Waals surface area (Å²) in [6, 6.07) is 6.04. The van der Waals surface area contributed by atoms with E-state index in [0.717, 1.165) is 22.1 Å². The number of rotatable bonds is 1. The fraction of sp³-hybridized carbons (Fsp3) is 0.286. The van der Waals surface area contributed by atoms with Crippen molar-refractivity contribution in [1.82, 2.24) is 15.0 Å². The average molecular weight is 241 g/mol. The van der Waals surface area contributed by atoms with Crippen molar-refractivity contribution >= 4 is 21.9 Å². The summed E-state index contributed by atoms with van der Waals surface area (Å²) in [5.74, 6) is 1.22. The second-order valence-electron chi connectivity index (χ2n) is 4.96. The first-order chi connectivity index (χ1) is 8.56. The lowest BCUT2D eigenvalue weighted by atomic mass is 10.00. The van der Waals surface area contributed by atoms with Crippen LogP contribution in [0, 0.1) is 6.92 Å². The van der Waals surface area contributed by atoms with Gasteiger partial charge < -0.3 is 9.97 Å². The van der Waals surface area contributed by atoms with Crippen molar-refractivity contribution in [3.05, 3.63) is 39.9 Å². The summed E-state index contributed by atoms with van der Waals surface area (Å²) in [5, 5.41) is 1.65. The maximum absolute atomic E-state index is 12.1. The Hall–Kier alpha value is -2.10. The molecule has 0 aliphatic heterocycles. The first kappa shape index (κ1) is 11.0. The topological polar surface area (TPSA) is 61.5 Å². The Kier molecular flexibility index (Phi) is 2.26. The lowest BCUT2D eigenvalue weighted by Crippen LogP contribution is -2.07. The van der Waals surface area contributed by atoms with E-state index < -0.39 is 0 Å². The van der Waals surface area contributed by atoms with Gasteiger partial charge in [0, 0.05) is 10.8 Å². The molecule has 0 saturated heterocycles. The Labute approximate surface area is 104 Å². The molecule has 3 aromatic rings. The molecule has 92 valence electrons. The third-order valence-electron chi connectivity index (χ3n) is 3.28. The number of H-pyrrole nitrogens is 2. The van der Waals surface area contributed by atoms with Gasteiger partial charge in [-0.25, -0.2) is 4.98 Å². The zero-order valence-electron chi connectivity index (χ0n) is 10.7. The molecule has 4 heteroatoms. The number of pyridine rings is 1. The number of aromatic nitrogens is 3. The molecule has 2 aromatic heterocycles. The van der Waals surface area contributed by atoms with Crippen LogP contribution >= 0.6 is 0 Å². The number of benzene rings is 1. The van der Waals surface area contributed by atoms with E-state index in [9.17, 15) is 4.79 Å². The van der Waals surface area contributed by atoms with E-state index in [0.29, 0.717) is 11.6 Å². The van der Waals surface area contributed by atoms with Gasteiger partial charge in [-0.05, 0) is 24.5 Å². The molecule has 3 rings (SSSR count). The number of hydrogen-bond donors (Lipinski definition) is 2. The van der Waals surface area contributed by atoms with Crippen LogP contribution in [0.1, 0.15) is 31.2 Å². The van der Waals surface area contributed by atoms with Crippen molar-refractivity contribution in [3.8, 4) is 0 Å². The summed E-state index contributed by atoms with van der Waals surface area (Å²) in [6.07, 6.45) is 0. The number of hydrogen-bond acceptors (Lipinski definition) is 2. The van der Waals surface area contributed by atoms with Crippen LogP contribution in [-0.2, 0) is 0 Å². The Morgan fingerprint density at radius 3 is 2.67 bits per heavy atom. The molecule has 0 fully saturated rings. The first-order valence-corrected chi connectivity index (χ1v) is 6.08. The lowest BCUT2D eigenvalue weighted by Gasteiger charge is -2.06. The summed E-state index contributed by atoms with van der Waals surface area (Å²) in [6.45, 7) is 6.12. The van der Waals surface area contributed by atoms with Crippen molar-refractivity contribution < 1.29 is 0 Å². The maximum Gasteiger partial charge on any atom is 0.257 e. The van der Waals surface area contributed by atoms with Gasteiger partial charge in [-0.15, -0.1) is 0 Å². The Bertz CT molecular complexity index is 796. The van der Waals surface area contributed by atoms with E-state index >= 15 is 0 Å². The molecule has 0 spiro atoms. The number of fused-ring (bicyclic) bond motifs is 3. The van der Waals surface area contributed by atoms with E-state index in [1.165, 1.54) is 5.56 Å². The summed E-state index contributed by atoms with van der Waals surface area (Å²) in [5.41, 5.74) is 2.62. The van der Waals surface area contributed by atoms with Crippen LogP contribution in [0.15, 0.2) is 23.0 Å². The average Bonchev–Trinajstić information content (AvgIpc) is 2.69. The quantitative estimate of drug-likeness (QED) is 0.688. The fourth-order valence-electron chi connectivity index (χ4n) is 2.28. The van der Waals surface area contributed by atoms with Gasteiger partial charge >= 0.3 is 0 Å². The van der Waals surface area contributed by atoms with Crippen LogP contribution in [0.25, 0.3) is 21.9 Å². The highest BCUT2D eigenvalue weighted by atomic mass is 16.1. The Morgan fingerprint density at radius 2 is 1.94 bits per heavy atom. The fourth-order valence-corrected chi connectivity index (χ4v) is 2.28. The highest BCUT2D eigenvalue weighted by Crippen LogP contribution is 2.23. The summed E-state index contributed by atoms with van der Waals surface area (Å²) in [7, 11) is 0. The van der Waals surface area contributed by atoms with Crippen LogP contribution in [0.4, 0.5) is 0 Å². The molecule has 4 nitrogen and oxygen atoms in total. The van der Waals surface area contributed by atoms with E-state index in [4.69, 9.17) is 0 Å². The number of aromatic amines is 2. The number of nitrogens with one attached hydrogen (secondary N) is 2. The van der Waals surface area contributed by atoms with Gasteiger partial charge in [-0.2, -0.15) is 0 Å². The number of imidazole rings is 1. The lowest BCUT2D eigenvalue weighted by molar-refractivity contribution is 0.868. The molecule has 0 amide bonds. The molecule has 2 heterocycles. The van der Waals surface area contributed by atoms with Gasteiger partial charge in [0.25, 0.3) is 5.56 Å². The van der Waals surface area contributed by atoms with E-state index in [1.807, 2.05) is 19.1 Å². The predicted molar refractivity (Wildman–Crippen MR) is 73.0 cm³/mol. The molecular weight excluding hydrogens is 226 g/mol. The standard InChI is InChI=1S/C14H15N3O/c1-7(2)9-4-5-10-11(6-9)14(18)17-13-12(10)15-8(3)16-13/h4-7H,1-3H3,(H2,15,16,17,18). The van der Waals surface area contributed by atoms with Crippen LogP contribution in [0.3, 0.4) is 0 Å². The van der Waals surface area contributed by atoms with E-state index in [-0.39, 0.29) is 5.56 Å². The molecule has 0 aliphatic carbocycles. The van der Waals surface area contributed by atoms with Crippen LogP contribution in [0.5, 0.6) is 0 Å². The smallest absolute Gasteiger partial charge is 0.257 e. The van der Waals surface area contributed by atoms with Crippen LogP contribution < -0.4 is 5.56 Å². The molecule has 0 bridgehead atoms. The van der Waals surface area contributed by atoms with Crippen molar-refractivity contribution in [2.45, 2.75) is 26.7 Å². The molecule has 0 unspecified atom stereocenters. The van der Waals surface area contributed by atoms with Gasteiger partial charge in [0.15, 0.2) is 5.65 Å². The maximum atomic E-state index is 12.1. The third-order valence-corrected chi connectivity index (χ3v) is 3.28. The Balaban J connectivity index is 2.47. The SMILES string of the molecule is Cc1nc2[nH]c(=O)c3cc(C(C)C)ccc3c2[nH]1. The minimum Gasteiger partial charge on any atom is -0.340 e. The van der Waals surface area contributed by atoms with E-state index in [1.54, 1.807) is 0 Å². The zero-order valence-corrected chi connectivity index (χ0v) is 10.7. The molecule has 0 radical (unpaired) electrons. The molecule has 2 N–H and O–H groups in total. The van der Waals surface area contributed by atoms with Crippen molar-refractivity contribution in [2.24, 2.45) is 0 Å². The highest BCUT2D eigenvalue weighted by Gasteiger charge is 2.10. The number of aryl methyl sites for hydroxylation is 1. The monoisotopic (exact) mass is 241 g/mol. The third kappa shape index (κ3) is 1.53. The highest BCUT2D eigenvalue weighted by molar-refractivity contribution is 6.02. The van der Waals surface area contributed by atoms with Crippen LogP contribution in [-0.4, -0.2) is 15.0 Å². The summed E-state index contributed by atoms with van der Waals surface area (Å²) >= 11 is 0. The van der Waals surface area contributed by atoms with Gasteiger partial charge in [0.1, 0.15) is 5.82 Å². The minimum atomic E-state index is -0.0773. The van der Waals surface area contributed by atoms with Crippen molar-refractivity contribution in [3.63, 3.8) is 0 Å². The molecule has 18 heavy (non-hydrogen) atoms. The molecular formula is C14H15N3O. The normalized spacial score (nSPS) is 11.8. The number of nitrogens with zero attached hydrogens (tertiary/aromatic N) is 1. The van der Waals surface area contributed by atoms with Gasteiger partial charge in [-0.3, -0.25) is 4.79 Å². The van der Waals surface area contributed by atoms with Gasteiger partial charge in [0.05, 0.1) is 5.52 Å². The Morgan fingerprint density at radius 1 is 1.17 bits per heavy atom. The molecule has 0 saturated carbocycles.